The molecular weight excluding hydrogens is 380 g/mol. The molecule has 8 nitrogen and oxygen atoms in total. The Labute approximate surface area is 164 Å². The number of aromatic nitrogens is 1. The van der Waals surface area contributed by atoms with Gasteiger partial charge in [0.05, 0.1) is 31.1 Å². The van der Waals surface area contributed by atoms with Crippen molar-refractivity contribution in [3.8, 4) is 0 Å². The van der Waals surface area contributed by atoms with Crippen LogP contribution in [0.3, 0.4) is 0 Å². The zero-order chi connectivity index (χ0) is 19.7. The van der Waals surface area contributed by atoms with Crippen LogP contribution in [0.25, 0.3) is 0 Å². The molecule has 4 rings (SSSR count). The van der Waals surface area contributed by atoms with Gasteiger partial charge in [-0.05, 0) is 49.4 Å². The standard InChI is InChI=1S/C19H24N4O4S/c1-14-11-18(21-27-14)20-19(24)13-22-7-9-23(10-8-22)28(25,26)17-6-5-15-3-2-4-16(15)12-17/h5-6,11-12H,2-4,7-10,13H2,1H3,(H,20,21,24)/p+1. The summed E-state index contributed by atoms with van der Waals surface area (Å²) in [5.41, 5.74) is 2.42. The van der Waals surface area contributed by atoms with Crippen LogP contribution in [-0.2, 0) is 27.7 Å². The zero-order valence-corrected chi connectivity index (χ0v) is 16.7. The van der Waals surface area contributed by atoms with Gasteiger partial charge in [-0.2, -0.15) is 4.31 Å². The highest BCUT2D eigenvalue weighted by atomic mass is 32.2. The summed E-state index contributed by atoms with van der Waals surface area (Å²) in [5.74, 6) is 0.881. The Morgan fingerprint density at radius 1 is 1.21 bits per heavy atom. The van der Waals surface area contributed by atoms with Gasteiger partial charge >= 0.3 is 0 Å². The van der Waals surface area contributed by atoms with Gasteiger partial charge in [0.1, 0.15) is 5.76 Å². The topological polar surface area (TPSA) is 97.0 Å². The van der Waals surface area contributed by atoms with E-state index in [1.807, 2.05) is 12.1 Å². The Balaban J connectivity index is 1.33. The van der Waals surface area contributed by atoms with Gasteiger partial charge in [0.2, 0.25) is 10.0 Å². The molecule has 0 saturated carbocycles. The first-order valence-electron chi connectivity index (χ1n) is 9.60. The normalized spacial score (nSPS) is 18.2. The van der Waals surface area contributed by atoms with E-state index in [1.165, 1.54) is 9.87 Å². The van der Waals surface area contributed by atoms with Crippen molar-refractivity contribution in [3.05, 3.63) is 41.2 Å². The third-order valence-electron chi connectivity index (χ3n) is 5.44. The Hall–Kier alpha value is -2.23. The van der Waals surface area contributed by atoms with E-state index in [1.54, 1.807) is 19.1 Å². The molecule has 0 spiro atoms. The summed E-state index contributed by atoms with van der Waals surface area (Å²) in [6.45, 7) is 4.04. The first kappa shape index (κ1) is 19.1. The van der Waals surface area contributed by atoms with E-state index in [-0.39, 0.29) is 12.5 Å². The molecule has 0 unspecified atom stereocenters. The summed E-state index contributed by atoms with van der Waals surface area (Å²) < 4.78 is 32.4. The number of sulfonamides is 1. The van der Waals surface area contributed by atoms with E-state index in [2.05, 4.69) is 10.5 Å². The maximum atomic E-state index is 13.0. The summed E-state index contributed by atoms with van der Waals surface area (Å²) in [5, 5.41) is 6.45. The number of hydrogen-bond donors (Lipinski definition) is 2. The van der Waals surface area contributed by atoms with Crippen molar-refractivity contribution in [1.29, 1.82) is 0 Å². The number of carbonyl (C=O) groups is 1. The molecule has 2 heterocycles. The molecule has 0 bridgehead atoms. The third-order valence-corrected chi connectivity index (χ3v) is 7.34. The van der Waals surface area contributed by atoms with Crippen molar-refractivity contribution < 1.29 is 22.6 Å². The molecule has 0 radical (unpaired) electrons. The number of amides is 1. The van der Waals surface area contributed by atoms with E-state index in [0.29, 0.717) is 42.7 Å². The van der Waals surface area contributed by atoms with E-state index in [0.717, 1.165) is 29.7 Å². The molecular formula is C19H25N4O4S+. The van der Waals surface area contributed by atoms with Crippen LogP contribution in [0.4, 0.5) is 5.82 Å². The minimum Gasteiger partial charge on any atom is -0.360 e. The molecule has 2 aromatic rings. The summed E-state index contributed by atoms with van der Waals surface area (Å²) in [7, 11) is -3.48. The Morgan fingerprint density at radius 2 is 1.96 bits per heavy atom. The quantitative estimate of drug-likeness (QED) is 0.730. The number of nitrogens with one attached hydrogen (secondary N) is 2. The number of carbonyl (C=O) groups excluding carboxylic acids is 1. The van der Waals surface area contributed by atoms with E-state index < -0.39 is 10.0 Å². The van der Waals surface area contributed by atoms with Crippen LogP contribution in [0.1, 0.15) is 23.3 Å². The molecule has 28 heavy (non-hydrogen) atoms. The fourth-order valence-electron chi connectivity index (χ4n) is 3.92. The number of rotatable bonds is 5. The highest BCUT2D eigenvalue weighted by molar-refractivity contribution is 7.89. The smallest absolute Gasteiger partial charge is 0.280 e. The number of benzene rings is 1. The number of hydrogen-bond acceptors (Lipinski definition) is 5. The lowest BCUT2D eigenvalue weighted by Gasteiger charge is -2.31. The number of quaternary nitrogens is 1. The second-order valence-electron chi connectivity index (χ2n) is 7.49. The predicted octanol–water partition coefficient (Wildman–Crippen LogP) is -0.000380. The molecule has 2 N–H and O–H groups in total. The minimum atomic E-state index is -3.48. The molecule has 2 aliphatic rings. The molecule has 1 saturated heterocycles. The van der Waals surface area contributed by atoms with E-state index >= 15 is 0 Å². The number of fused-ring (bicyclic) bond motifs is 1. The van der Waals surface area contributed by atoms with Crippen molar-refractivity contribution in [2.45, 2.75) is 31.1 Å². The highest BCUT2D eigenvalue weighted by Crippen LogP contribution is 2.26. The van der Waals surface area contributed by atoms with E-state index in [4.69, 9.17) is 4.52 Å². The summed E-state index contributed by atoms with van der Waals surface area (Å²) >= 11 is 0. The number of anilines is 1. The predicted molar refractivity (Wildman–Crippen MR) is 103 cm³/mol. The Bertz CT molecular complexity index is 978. The minimum absolute atomic E-state index is 0.154. The fraction of sp³-hybridized carbons (Fsp3) is 0.474. The maximum Gasteiger partial charge on any atom is 0.280 e. The highest BCUT2D eigenvalue weighted by Gasteiger charge is 2.31. The van der Waals surface area contributed by atoms with Crippen molar-refractivity contribution in [3.63, 3.8) is 0 Å². The van der Waals surface area contributed by atoms with Gasteiger partial charge in [-0.3, -0.25) is 4.79 Å². The SMILES string of the molecule is Cc1cc(NC(=O)C[NH+]2CCN(S(=O)(=O)c3ccc4c(c3)CCC4)CC2)no1. The lowest BCUT2D eigenvalue weighted by Crippen LogP contribution is -3.15. The number of piperazine rings is 1. The van der Waals surface area contributed by atoms with Crippen LogP contribution in [0.15, 0.2) is 33.7 Å². The molecule has 9 heteroatoms. The average Bonchev–Trinajstić information content (AvgIpc) is 3.30. The second kappa shape index (κ2) is 7.65. The number of aryl methyl sites for hydroxylation is 3. The third kappa shape index (κ3) is 3.96. The van der Waals surface area contributed by atoms with Gasteiger partial charge in [0.25, 0.3) is 5.91 Å². The zero-order valence-electron chi connectivity index (χ0n) is 15.9. The molecule has 1 aliphatic heterocycles. The lowest BCUT2D eigenvalue weighted by molar-refractivity contribution is -0.895. The van der Waals surface area contributed by atoms with Crippen LogP contribution in [0.2, 0.25) is 0 Å². The molecule has 150 valence electrons. The van der Waals surface area contributed by atoms with Crippen molar-refractivity contribution >= 4 is 21.7 Å². The number of nitrogens with zero attached hydrogens (tertiary/aromatic N) is 2. The van der Waals surface area contributed by atoms with Crippen LogP contribution >= 0.6 is 0 Å². The van der Waals surface area contributed by atoms with Crippen molar-refractivity contribution in [1.82, 2.24) is 9.46 Å². The van der Waals surface area contributed by atoms with Crippen molar-refractivity contribution in [2.75, 3.05) is 38.0 Å². The van der Waals surface area contributed by atoms with Gasteiger partial charge in [-0.1, -0.05) is 11.2 Å². The van der Waals surface area contributed by atoms with Crippen LogP contribution in [-0.4, -0.2) is 56.5 Å². The second-order valence-corrected chi connectivity index (χ2v) is 9.42. The molecule has 1 fully saturated rings. The van der Waals surface area contributed by atoms with Gasteiger partial charge in [-0.25, -0.2) is 8.42 Å². The Kier molecular flexibility index (Phi) is 5.22. The maximum absolute atomic E-state index is 13.0. The fourth-order valence-corrected chi connectivity index (χ4v) is 5.41. The van der Waals surface area contributed by atoms with Crippen LogP contribution in [0, 0.1) is 6.92 Å². The molecule has 1 aromatic heterocycles. The monoisotopic (exact) mass is 405 g/mol. The lowest BCUT2D eigenvalue weighted by atomic mass is 10.1. The largest absolute Gasteiger partial charge is 0.360 e. The summed E-state index contributed by atoms with van der Waals surface area (Å²) in [6.07, 6.45) is 3.08. The van der Waals surface area contributed by atoms with E-state index in [9.17, 15) is 13.2 Å². The molecule has 1 amide bonds. The van der Waals surface area contributed by atoms with Gasteiger partial charge in [-0.15, -0.1) is 0 Å². The molecule has 1 aliphatic carbocycles. The molecule has 0 atom stereocenters. The van der Waals surface area contributed by atoms with Gasteiger partial charge in [0.15, 0.2) is 12.4 Å². The average molecular weight is 406 g/mol. The summed E-state index contributed by atoms with van der Waals surface area (Å²) in [4.78, 5) is 13.6. The summed E-state index contributed by atoms with van der Waals surface area (Å²) in [6, 6.07) is 7.18. The van der Waals surface area contributed by atoms with Crippen molar-refractivity contribution in [2.24, 2.45) is 0 Å². The first-order chi connectivity index (χ1) is 13.4. The van der Waals surface area contributed by atoms with Gasteiger partial charge in [0, 0.05) is 6.07 Å². The Morgan fingerprint density at radius 3 is 2.68 bits per heavy atom. The molecule has 1 aromatic carbocycles. The van der Waals surface area contributed by atoms with Crippen LogP contribution in [0.5, 0.6) is 0 Å². The van der Waals surface area contributed by atoms with Crippen LogP contribution < -0.4 is 10.2 Å². The first-order valence-corrected chi connectivity index (χ1v) is 11.0. The van der Waals surface area contributed by atoms with Gasteiger partial charge < -0.3 is 14.7 Å².